The molecular formula is C12H5Cl5. The molecule has 0 fully saturated rings. The first-order valence-corrected chi connectivity index (χ1v) is 6.48. The van der Waals surface area contributed by atoms with E-state index >= 15 is 0 Å². The first-order chi connectivity index (χ1) is 7.99. The van der Waals surface area contributed by atoms with Gasteiger partial charge in [0.1, 0.15) is 0 Å². The van der Waals surface area contributed by atoms with Crippen LogP contribution in [0.5, 0.6) is 0 Å². The molecule has 17 heavy (non-hydrogen) atoms. The minimum atomic E-state index is 0.345. The number of hydrogen-bond acceptors (Lipinski definition) is 0. The van der Waals surface area contributed by atoms with E-state index in [1.54, 1.807) is 24.3 Å². The summed E-state index contributed by atoms with van der Waals surface area (Å²) in [4.78, 5) is 0. The van der Waals surface area contributed by atoms with Crippen molar-refractivity contribution in [1.82, 2.24) is 0 Å². The van der Waals surface area contributed by atoms with Crippen molar-refractivity contribution in [3.63, 3.8) is 0 Å². The van der Waals surface area contributed by atoms with Crippen LogP contribution in [0.4, 0.5) is 0 Å². The predicted molar refractivity (Wildman–Crippen MR) is 76.9 cm³/mol. The van der Waals surface area contributed by atoms with Crippen molar-refractivity contribution >= 4 is 58.0 Å². The summed E-state index contributed by atoms with van der Waals surface area (Å²) in [5.41, 5.74) is 1.71. The summed E-state index contributed by atoms with van der Waals surface area (Å²) < 4.78 is 0. The molecule has 0 saturated heterocycles. The van der Waals surface area contributed by atoms with E-state index in [1.807, 2.05) is 6.07 Å². The molecule has 0 amide bonds. The van der Waals surface area contributed by atoms with Crippen molar-refractivity contribution in [2.45, 2.75) is 0 Å². The molecule has 5 heteroatoms. The zero-order chi connectivity index (χ0) is 12.6. The monoisotopic (exact) mass is 336 g/mol. The Hall–Kier alpha value is -0.110. The molecule has 0 aliphatic heterocycles. The highest BCUT2D eigenvalue weighted by Gasteiger charge is 2.08. The van der Waals surface area contributed by atoms with Crippen LogP contribution in [0.1, 0.15) is 0 Å². The summed E-state index contributed by atoms with van der Waals surface area (Å²) in [5.74, 6) is 0. The highest BCUT2D eigenvalue weighted by Crippen LogP contribution is 2.36. The minimum absolute atomic E-state index is 0.345. The van der Waals surface area contributed by atoms with Crippen LogP contribution in [0.2, 0.25) is 25.1 Å². The third-order valence-corrected chi connectivity index (χ3v) is 4.17. The maximum absolute atomic E-state index is 5.96. The Labute approximate surface area is 124 Å². The van der Waals surface area contributed by atoms with E-state index < -0.39 is 0 Å². The third-order valence-electron chi connectivity index (χ3n) is 2.24. The largest absolute Gasteiger partial charge is 0.0827 e. The molecule has 2 aromatic carbocycles. The van der Waals surface area contributed by atoms with Gasteiger partial charge in [-0.25, -0.2) is 0 Å². The Balaban J connectivity index is 2.57. The summed E-state index contributed by atoms with van der Waals surface area (Å²) in [6, 6.07) is 8.77. The Morgan fingerprint density at radius 2 is 1.06 bits per heavy atom. The summed E-state index contributed by atoms with van der Waals surface area (Å²) in [5, 5.41) is 2.13. The lowest BCUT2D eigenvalue weighted by atomic mass is 11.1. The van der Waals surface area contributed by atoms with Crippen LogP contribution < -0.4 is 0 Å². The second-order valence-electron chi connectivity index (χ2n) is 3.38. The van der Waals surface area contributed by atoms with Crippen molar-refractivity contribution in [1.29, 1.82) is 0 Å². The van der Waals surface area contributed by atoms with Gasteiger partial charge in [0.25, 0.3) is 0 Å². The lowest BCUT2D eigenvalue weighted by molar-refractivity contribution is 1.61. The fourth-order valence-electron chi connectivity index (χ4n) is 1.40. The topological polar surface area (TPSA) is 0 Å². The van der Waals surface area contributed by atoms with Crippen LogP contribution in [0.15, 0.2) is 30.3 Å². The fraction of sp³-hybridized carbons (Fsp3) is 0. The van der Waals surface area contributed by atoms with Gasteiger partial charge >= 0.3 is 0 Å². The molecule has 2 rings (SSSR count). The van der Waals surface area contributed by atoms with Gasteiger partial charge in [-0.05, 0) is 35.4 Å². The van der Waals surface area contributed by atoms with Gasteiger partial charge in [0.05, 0.1) is 25.1 Å². The average Bonchev–Trinajstić information content (AvgIpc) is 2.29. The number of hydrogen-bond donors (Lipinski definition) is 0. The van der Waals surface area contributed by atoms with Gasteiger partial charge in [0, 0.05) is 0 Å². The fourth-order valence-corrected chi connectivity index (χ4v) is 2.29. The Morgan fingerprint density at radius 1 is 0.529 bits per heavy atom. The van der Waals surface area contributed by atoms with Crippen molar-refractivity contribution in [2.24, 2.45) is 0 Å². The van der Waals surface area contributed by atoms with Gasteiger partial charge < -0.3 is 0 Å². The smallest absolute Gasteiger partial charge is 0.0778 e. The third kappa shape index (κ3) is 2.83. The predicted octanol–water partition coefficient (Wildman–Crippen LogP) is 6.62. The second-order valence-corrected chi connectivity index (χ2v) is 5.39. The van der Waals surface area contributed by atoms with Crippen molar-refractivity contribution < 1.29 is 0 Å². The second kappa shape index (κ2) is 5.26. The Kier molecular flexibility index (Phi) is 4.12. The van der Waals surface area contributed by atoms with Crippen LogP contribution in [-0.4, -0.2) is 0 Å². The molecule has 0 bridgehead atoms. The van der Waals surface area contributed by atoms with Gasteiger partial charge in [0.2, 0.25) is 0 Å². The lowest BCUT2D eigenvalue weighted by Crippen LogP contribution is -1.81. The molecule has 88 valence electrons. The molecule has 0 aromatic heterocycles. The van der Waals surface area contributed by atoms with Gasteiger partial charge in [0.15, 0.2) is 0 Å². The van der Waals surface area contributed by atoms with Gasteiger partial charge in [-0.3, -0.25) is 0 Å². The van der Waals surface area contributed by atoms with Crippen LogP contribution in [0, 0.1) is 0 Å². The van der Waals surface area contributed by atoms with E-state index in [2.05, 4.69) is 0 Å². The first kappa shape index (κ1) is 13.3. The Bertz CT molecular complexity index is 554. The van der Waals surface area contributed by atoms with Crippen LogP contribution in [0.3, 0.4) is 0 Å². The standard InChI is InChI=1S/C12H5Cl5/c13-8-2-1-6(3-9(8)14)7-4-10(15)12(17)11(16)5-7/h1-5H/i1+1,2+1,3+1,4+1,5+1,6+1,7+1,8+1,9+1,10+1,11+1,12+1. The van der Waals surface area contributed by atoms with E-state index in [0.717, 1.165) is 11.1 Å². The zero-order valence-electron chi connectivity index (χ0n) is 8.28. The molecule has 0 atom stereocenters. The van der Waals surface area contributed by atoms with Crippen molar-refractivity contribution in [3.8, 4) is 11.1 Å². The number of rotatable bonds is 1. The molecule has 0 saturated carbocycles. The molecule has 0 radical (unpaired) electrons. The molecule has 0 aliphatic carbocycles. The molecule has 2 aromatic rings. The minimum Gasteiger partial charge on any atom is -0.0827 e. The molecular weight excluding hydrogens is 333 g/mol. The van der Waals surface area contributed by atoms with Gasteiger partial charge in [-0.15, -0.1) is 0 Å². The van der Waals surface area contributed by atoms with Gasteiger partial charge in [-0.1, -0.05) is 64.1 Å². The molecule has 0 nitrogen and oxygen atoms in total. The molecule has 0 aliphatic rings. The van der Waals surface area contributed by atoms with Gasteiger partial charge in [-0.2, -0.15) is 0 Å². The Morgan fingerprint density at radius 3 is 1.59 bits per heavy atom. The van der Waals surface area contributed by atoms with E-state index in [1.165, 1.54) is 0 Å². The summed E-state index contributed by atoms with van der Waals surface area (Å²) in [6.45, 7) is 0. The summed E-state index contributed by atoms with van der Waals surface area (Å²) in [7, 11) is 0. The van der Waals surface area contributed by atoms with E-state index in [4.69, 9.17) is 58.0 Å². The lowest BCUT2D eigenvalue weighted by Gasteiger charge is -2.06. The van der Waals surface area contributed by atoms with E-state index in [-0.39, 0.29) is 0 Å². The molecule has 0 N–H and O–H groups in total. The maximum Gasteiger partial charge on any atom is 0.0778 e. The summed E-state index contributed by atoms with van der Waals surface area (Å²) >= 11 is 29.6. The molecule has 0 unspecified atom stereocenters. The van der Waals surface area contributed by atoms with E-state index in [9.17, 15) is 0 Å². The first-order valence-electron chi connectivity index (χ1n) is 4.59. The zero-order valence-corrected chi connectivity index (χ0v) is 12.1. The van der Waals surface area contributed by atoms with Crippen LogP contribution >= 0.6 is 58.0 Å². The van der Waals surface area contributed by atoms with Crippen LogP contribution in [-0.2, 0) is 0 Å². The summed E-state index contributed by atoms with van der Waals surface area (Å²) in [6.07, 6.45) is 0. The van der Waals surface area contributed by atoms with Crippen LogP contribution in [0.25, 0.3) is 11.1 Å². The highest BCUT2D eigenvalue weighted by atomic mass is 35.5. The van der Waals surface area contributed by atoms with E-state index in [0.29, 0.717) is 25.1 Å². The maximum atomic E-state index is 5.96. The molecule has 0 spiro atoms. The SMILES string of the molecule is Cl[13c]1[13cH][13cH][13c](-[13c]2[13cH][13c](Cl)[13c](Cl)[13c](Cl)[13cH]2)[13cH][13c]1Cl. The number of benzene rings is 2. The quantitative estimate of drug-likeness (QED) is 0.513. The molecule has 0 heterocycles. The normalized spacial score (nSPS) is 10.6. The highest BCUT2D eigenvalue weighted by molar-refractivity contribution is 6.48. The van der Waals surface area contributed by atoms with Crippen molar-refractivity contribution in [3.05, 3.63) is 55.4 Å². The van der Waals surface area contributed by atoms with Crippen molar-refractivity contribution in [2.75, 3.05) is 0 Å². The average molecular weight is 338 g/mol. The number of halogens is 5.